The molecule has 1 amide bonds. The maximum atomic E-state index is 12.6. The molecule has 0 unspecified atom stereocenters. The molecule has 1 atom stereocenters. The van der Waals surface area contributed by atoms with Crippen molar-refractivity contribution >= 4 is 11.9 Å². The molecule has 3 aliphatic carbocycles. The number of carbonyl (C=O) groups is 2. The van der Waals surface area contributed by atoms with E-state index in [0.717, 1.165) is 0 Å². The minimum Gasteiger partial charge on any atom is -0.480 e. The van der Waals surface area contributed by atoms with Gasteiger partial charge in [0.15, 0.2) is 0 Å². The van der Waals surface area contributed by atoms with Crippen molar-refractivity contribution < 1.29 is 41.0 Å². The summed E-state index contributed by atoms with van der Waals surface area (Å²) in [6.45, 7) is 0. The lowest BCUT2D eigenvalue weighted by atomic mass is 9.33. The van der Waals surface area contributed by atoms with Crippen molar-refractivity contribution in [2.24, 2.45) is 10.8 Å². The van der Waals surface area contributed by atoms with Crippen LogP contribution in [-0.4, -0.2) is 35.4 Å². The fraction of sp³-hybridized carbons (Fsp3) is 0.800. The Morgan fingerprint density at radius 1 is 1.05 bits per heavy atom. The van der Waals surface area contributed by atoms with Gasteiger partial charge in [-0.3, -0.25) is 4.79 Å². The van der Waals surface area contributed by atoms with E-state index in [4.69, 9.17) is 5.11 Å². The first-order valence-corrected chi connectivity index (χ1v) is 5.50. The molecule has 0 aromatic heterocycles. The first-order valence-electron chi connectivity index (χ1n) is 5.50. The highest BCUT2D eigenvalue weighted by Gasteiger charge is 2.81. The topological polar surface area (TPSA) is 66.4 Å². The van der Waals surface area contributed by atoms with E-state index in [2.05, 4.69) is 0 Å². The first kappa shape index (κ1) is 14.9. The normalized spacial score (nSPS) is 33.7. The summed E-state index contributed by atoms with van der Waals surface area (Å²) in [5.74, 6) is -4.23. The lowest BCUT2D eigenvalue weighted by molar-refractivity contribution is -0.367. The predicted molar refractivity (Wildman–Crippen MR) is 50.4 cm³/mol. The second-order valence-corrected chi connectivity index (χ2v) is 5.41. The third-order valence-corrected chi connectivity index (χ3v) is 4.06. The van der Waals surface area contributed by atoms with E-state index in [1.54, 1.807) is 0 Å². The van der Waals surface area contributed by atoms with Crippen LogP contribution in [-0.2, 0) is 9.59 Å². The Kier molecular flexibility index (Phi) is 2.83. The van der Waals surface area contributed by atoms with Crippen LogP contribution in [0.1, 0.15) is 19.3 Å². The predicted octanol–water partition coefficient (Wildman–Crippen LogP) is 1.85. The van der Waals surface area contributed by atoms with Crippen LogP contribution < -0.4 is 5.32 Å². The van der Waals surface area contributed by atoms with Crippen molar-refractivity contribution in [3.63, 3.8) is 0 Å². The van der Waals surface area contributed by atoms with E-state index in [-0.39, 0.29) is 0 Å². The van der Waals surface area contributed by atoms with E-state index >= 15 is 0 Å². The zero-order chi connectivity index (χ0) is 15.6. The Morgan fingerprint density at radius 2 is 1.50 bits per heavy atom. The van der Waals surface area contributed by atoms with Crippen molar-refractivity contribution in [3.05, 3.63) is 0 Å². The summed E-state index contributed by atoms with van der Waals surface area (Å²) in [5.41, 5.74) is -3.42. The number of carboxylic acids is 1. The fourth-order valence-electron chi connectivity index (χ4n) is 3.16. The highest BCUT2D eigenvalue weighted by molar-refractivity contribution is 5.87. The smallest absolute Gasteiger partial charge is 0.471 e. The van der Waals surface area contributed by atoms with E-state index in [1.165, 1.54) is 5.32 Å². The number of rotatable bonds is 3. The molecule has 0 radical (unpaired) electrons. The number of nitrogens with one attached hydrogen (secondary N) is 1. The average molecular weight is 305 g/mol. The van der Waals surface area contributed by atoms with Gasteiger partial charge in [0, 0.05) is 5.41 Å². The Labute approximate surface area is 108 Å². The molecule has 4 nitrogen and oxygen atoms in total. The van der Waals surface area contributed by atoms with Gasteiger partial charge in [-0.25, -0.2) is 4.79 Å². The van der Waals surface area contributed by atoms with Crippen molar-refractivity contribution in [1.82, 2.24) is 5.32 Å². The molecule has 3 saturated carbocycles. The summed E-state index contributed by atoms with van der Waals surface area (Å²) in [7, 11) is 0. The maximum absolute atomic E-state index is 12.6. The number of hydrogen-bond acceptors (Lipinski definition) is 2. The number of carbonyl (C=O) groups excluding carboxylic acids is 1. The second kappa shape index (κ2) is 3.79. The number of hydrogen-bond donors (Lipinski definition) is 2. The van der Waals surface area contributed by atoms with Gasteiger partial charge in [-0.05, 0) is 19.3 Å². The van der Waals surface area contributed by atoms with Gasteiger partial charge in [0.25, 0.3) is 0 Å². The molecule has 3 aliphatic rings. The first-order chi connectivity index (χ1) is 8.83. The molecule has 0 heterocycles. The zero-order valence-electron chi connectivity index (χ0n) is 9.73. The number of aliphatic carboxylic acids is 1. The van der Waals surface area contributed by atoms with Crippen molar-refractivity contribution in [3.8, 4) is 0 Å². The molecule has 0 aliphatic heterocycles. The van der Waals surface area contributed by atoms with Crippen LogP contribution in [0, 0.1) is 10.8 Å². The number of amides is 1. The molecule has 0 spiro atoms. The maximum Gasteiger partial charge on any atom is 0.471 e. The van der Waals surface area contributed by atoms with E-state index in [1.807, 2.05) is 0 Å². The van der Waals surface area contributed by atoms with E-state index < -0.39 is 60.4 Å². The fourth-order valence-corrected chi connectivity index (χ4v) is 3.16. The average Bonchev–Trinajstić information content (AvgIpc) is 2.07. The van der Waals surface area contributed by atoms with Gasteiger partial charge in [0.05, 0.1) is 5.41 Å². The molecule has 0 aromatic carbocycles. The third kappa shape index (κ3) is 1.92. The molecule has 0 aromatic rings. The monoisotopic (exact) mass is 305 g/mol. The summed E-state index contributed by atoms with van der Waals surface area (Å²) >= 11 is 0. The molecule has 114 valence electrons. The summed E-state index contributed by atoms with van der Waals surface area (Å²) in [6.07, 6.45) is -11.5. The van der Waals surface area contributed by atoms with Crippen molar-refractivity contribution in [2.75, 3.05) is 0 Å². The zero-order valence-corrected chi connectivity index (χ0v) is 9.73. The lowest BCUT2D eigenvalue weighted by Crippen LogP contribution is -2.76. The van der Waals surface area contributed by atoms with Gasteiger partial charge in [-0.2, -0.15) is 26.3 Å². The van der Waals surface area contributed by atoms with Crippen LogP contribution in [0.4, 0.5) is 26.3 Å². The lowest BCUT2D eigenvalue weighted by Gasteiger charge is -2.72. The van der Waals surface area contributed by atoms with Crippen LogP contribution in [0.15, 0.2) is 0 Å². The van der Waals surface area contributed by atoms with Gasteiger partial charge < -0.3 is 10.4 Å². The SMILES string of the molecule is O=C(O)[C@@H](NC(=O)C(F)(F)F)C12CC(C(F)(F)F)(C1)C2. The molecule has 3 rings (SSSR count). The van der Waals surface area contributed by atoms with Crippen LogP contribution in [0.5, 0.6) is 0 Å². The van der Waals surface area contributed by atoms with Crippen LogP contribution >= 0.6 is 0 Å². The Balaban J connectivity index is 2.08. The minimum atomic E-state index is -5.28. The quantitative estimate of drug-likeness (QED) is 0.782. The van der Waals surface area contributed by atoms with Crippen molar-refractivity contribution in [1.29, 1.82) is 0 Å². The van der Waals surface area contributed by atoms with Gasteiger partial charge in [-0.1, -0.05) is 0 Å². The van der Waals surface area contributed by atoms with Crippen LogP contribution in [0.3, 0.4) is 0 Å². The molecule has 2 bridgehead atoms. The Hall–Kier alpha value is -1.48. The number of carboxylic acid groups (broad SMARTS) is 1. The van der Waals surface area contributed by atoms with E-state index in [0.29, 0.717) is 0 Å². The molecular formula is C10H9F6NO3. The number of halogens is 6. The van der Waals surface area contributed by atoms with Crippen molar-refractivity contribution in [2.45, 2.75) is 37.7 Å². The second-order valence-electron chi connectivity index (χ2n) is 5.41. The summed E-state index contributed by atoms with van der Waals surface area (Å²) in [6, 6.07) is -1.96. The summed E-state index contributed by atoms with van der Waals surface area (Å²) < 4.78 is 74.0. The summed E-state index contributed by atoms with van der Waals surface area (Å²) in [5, 5.41) is 10.1. The molecule has 0 saturated heterocycles. The molecule has 10 heteroatoms. The van der Waals surface area contributed by atoms with Crippen LogP contribution in [0.2, 0.25) is 0 Å². The van der Waals surface area contributed by atoms with Gasteiger partial charge in [0.1, 0.15) is 6.04 Å². The minimum absolute atomic E-state index is 0.571. The van der Waals surface area contributed by atoms with Gasteiger partial charge in [0.2, 0.25) is 0 Å². The largest absolute Gasteiger partial charge is 0.480 e. The molecule has 20 heavy (non-hydrogen) atoms. The highest BCUT2D eigenvalue weighted by atomic mass is 19.4. The van der Waals surface area contributed by atoms with Gasteiger partial charge >= 0.3 is 24.2 Å². The highest BCUT2D eigenvalue weighted by Crippen LogP contribution is 2.79. The third-order valence-electron chi connectivity index (χ3n) is 4.06. The molecule has 2 N–H and O–H groups in total. The standard InChI is InChI=1S/C10H9F6NO3/c11-9(12,13)6(20)17-4(5(18)19)7-1-8(2-7,3-7)10(14,15)16/h4H,1-3H2,(H,17,20)(H,18,19)/t4-,7?,8?/m1/s1. The Morgan fingerprint density at radius 3 is 1.80 bits per heavy atom. The summed E-state index contributed by atoms with van der Waals surface area (Å²) in [4.78, 5) is 21.7. The van der Waals surface area contributed by atoms with E-state index in [9.17, 15) is 35.9 Å². The molecular weight excluding hydrogens is 296 g/mol. The number of alkyl halides is 6. The molecule has 3 fully saturated rings. The van der Waals surface area contributed by atoms with Gasteiger partial charge in [-0.15, -0.1) is 0 Å². The van der Waals surface area contributed by atoms with Crippen LogP contribution in [0.25, 0.3) is 0 Å². The Bertz CT molecular complexity index is 449.